The molecule has 0 spiro atoms. The van der Waals surface area contributed by atoms with E-state index in [9.17, 15) is 14.7 Å². The van der Waals surface area contributed by atoms with E-state index in [-0.39, 0.29) is 12.5 Å². The molecule has 0 bridgehead atoms. The summed E-state index contributed by atoms with van der Waals surface area (Å²) in [5, 5.41) is 12.0. The highest BCUT2D eigenvalue weighted by molar-refractivity contribution is 5.79. The predicted octanol–water partition coefficient (Wildman–Crippen LogP) is 2.80. The molecule has 0 aliphatic heterocycles. The Hall–Kier alpha value is -1.84. The molecule has 0 aliphatic carbocycles. The molecule has 1 aromatic carbocycles. The third-order valence-electron chi connectivity index (χ3n) is 3.63. The van der Waals surface area contributed by atoms with Crippen molar-refractivity contribution in [3.63, 3.8) is 0 Å². The summed E-state index contributed by atoms with van der Waals surface area (Å²) in [6.07, 6.45) is 2.39. The highest BCUT2D eigenvalue weighted by atomic mass is 16.4. The third-order valence-corrected chi connectivity index (χ3v) is 3.63. The Bertz CT molecular complexity index is 427. The van der Waals surface area contributed by atoms with Crippen LogP contribution in [-0.2, 0) is 9.59 Å². The lowest BCUT2D eigenvalue weighted by Gasteiger charge is -2.16. The number of aliphatic carboxylic acids is 1. The summed E-state index contributed by atoms with van der Waals surface area (Å²) in [5.41, 5.74) is 0.711. The maximum atomic E-state index is 11.8. The minimum Gasteiger partial charge on any atom is -0.481 e. The van der Waals surface area contributed by atoms with Crippen molar-refractivity contribution >= 4 is 11.9 Å². The van der Waals surface area contributed by atoms with E-state index in [1.54, 1.807) is 24.3 Å². The number of amides is 1. The Morgan fingerprint density at radius 3 is 2.25 bits per heavy atom. The molecule has 0 fully saturated rings. The SMILES string of the molecule is CCC(CC)CC(=O)NCC(C(=O)O)c1ccccc1. The number of carboxylic acid groups (broad SMARTS) is 1. The minimum absolute atomic E-state index is 0.0686. The maximum absolute atomic E-state index is 11.8. The van der Waals surface area contributed by atoms with Crippen LogP contribution >= 0.6 is 0 Å². The maximum Gasteiger partial charge on any atom is 0.312 e. The second-order valence-electron chi connectivity index (χ2n) is 4.99. The van der Waals surface area contributed by atoms with Crippen molar-refractivity contribution < 1.29 is 14.7 Å². The van der Waals surface area contributed by atoms with Gasteiger partial charge < -0.3 is 10.4 Å². The van der Waals surface area contributed by atoms with Gasteiger partial charge in [0.05, 0.1) is 5.92 Å². The Kier molecular flexibility index (Phi) is 6.77. The quantitative estimate of drug-likeness (QED) is 0.768. The second-order valence-corrected chi connectivity index (χ2v) is 4.99. The van der Waals surface area contributed by atoms with E-state index in [0.717, 1.165) is 12.8 Å². The van der Waals surface area contributed by atoms with E-state index in [1.165, 1.54) is 0 Å². The molecule has 0 aliphatic rings. The summed E-state index contributed by atoms with van der Waals surface area (Å²) in [4.78, 5) is 23.1. The average Bonchev–Trinajstić information content (AvgIpc) is 2.45. The smallest absolute Gasteiger partial charge is 0.312 e. The number of nitrogens with one attached hydrogen (secondary N) is 1. The van der Waals surface area contributed by atoms with Gasteiger partial charge in [0, 0.05) is 13.0 Å². The third kappa shape index (κ3) is 5.03. The molecule has 2 N–H and O–H groups in total. The molecule has 0 radical (unpaired) electrons. The molecule has 4 nitrogen and oxygen atoms in total. The van der Waals surface area contributed by atoms with Crippen LogP contribution in [0.5, 0.6) is 0 Å². The zero-order chi connectivity index (χ0) is 15.0. The Morgan fingerprint density at radius 1 is 1.15 bits per heavy atom. The Morgan fingerprint density at radius 2 is 1.75 bits per heavy atom. The normalized spacial score (nSPS) is 12.2. The molecule has 110 valence electrons. The van der Waals surface area contributed by atoms with Crippen LogP contribution in [0.1, 0.15) is 44.6 Å². The van der Waals surface area contributed by atoms with Gasteiger partial charge in [-0.05, 0) is 11.5 Å². The highest BCUT2D eigenvalue weighted by Gasteiger charge is 2.20. The number of rotatable bonds is 8. The van der Waals surface area contributed by atoms with Gasteiger partial charge in [0.25, 0.3) is 0 Å². The Balaban J connectivity index is 2.56. The fourth-order valence-electron chi connectivity index (χ4n) is 2.16. The van der Waals surface area contributed by atoms with Crippen LogP contribution < -0.4 is 5.32 Å². The lowest BCUT2D eigenvalue weighted by atomic mass is 9.97. The van der Waals surface area contributed by atoms with E-state index in [4.69, 9.17) is 0 Å². The monoisotopic (exact) mass is 277 g/mol. The van der Waals surface area contributed by atoms with E-state index in [0.29, 0.717) is 17.9 Å². The minimum atomic E-state index is -0.918. The molecule has 1 rings (SSSR count). The van der Waals surface area contributed by atoms with Crippen molar-refractivity contribution in [2.75, 3.05) is 6.54 Å². The molecule has 1 amide bonds. The number of carbonyl (C=O) groups is 2. The Labute approximate surface area is 120 Å². The lowest BCUT2D eigenvalue weighted by molar-refractivity contribution is -0.138. The predicted molar refractivity (Wildman–Crippen MR) is 78.5 cm³/mol. The van der Waals surface area contributed by atoms with E-state index in [1.807, 2.05) is 6.07 Å². The molecule has 4 heteroatoms. The van der Waals surface area contributed by atoms with E-state index >= 15 is 0 Å². The topological polar surface area (TPSA) is 66.4 Å². The van der Waals surface area contributed by atoms with Crippen molar-refractivity contribution in [1.82, 2.24) is 5.32 Å². The van der Waals surface area contributed by atoms with Crippen molar-refractivity contribution in [2.24, 2.45) is 5.92 Å². The molecule has 1 aromatic rings. The zero-order valence-electron chi connectivity index (χ0n) is 12.1. The van der Waals surface area contributed by atoms with Crippen LogP contribution in [0.2, 0.25) is 0 Å². The first-order valence-electron chi connectivity index (χ1n) is 7.12. The number of hydrogen-bond donors (Lipinski definition) is 2. The number of carboxylic acids is 1. The van der Waals surface area contributed by atoms with Crippen molar-refractivity contribution in [3.8, 4) is 0 Å². The average molecular weight is 277 g/mol. The molecule has 1 unspecified atom stereocenters. The van der Waals surface area contributed by atoms with Crippen LogP contribution in [0, 0.1) is 5.92 Å². The van der Waals surface area contributed by atoms with Crippen LogP contribution in [0.3, 0.4) is 0 Å². The molecule has 0 heterocycles. The van der Waals surface area contributed by atoms with E-state index in [2.05, 4.69) is 19.2 Å². The van der Waals surface area contributed by atoms with Gasteiger partial charge in [-0.3, -0.25) is 9.59 Å². The highest BCUT2D eigenvalue weighted by Crippen LogP contribution is 2.16. The van der Waals surface area contributed by atoms with Gasteiger partial charge in [0.2, 0.25) is 5.91 Å². The van der Waals surface area contributed by atoms with E-state index < -0.39 is 11.9 Å². The van der Waals surface area contributed by atoms with Crippen LogP contribution in [-0.4, -0.2) is 23.5 Å². The van der Waals surface area contributed by atoms with Gasteiger partial charge in [0.1, 0.15) is 0 Å². The van der Waals surface area contributed by atoms with Gasteiger partial charge in [0.15, 0.2) is 0 Å². The first-order valence-corrected chi connectivity index (χ1v) is 7.12. The summed E-state index contributed by atoms with van der Waals surface area (Å²) in [6, 6.07) is 8.99. The summed E-state index contributed by atoms with van der Waals surface area (Å²) >= 11 is 0. The fraction of sp³-hybridized carbons (Fsp3) is 0.500. The summed E-state index contributed by atoms with van der Waals surface area (Å²) in [5.74, 6) is -1.31. The zero-order valence-corrected chi connectivity index (χ0v) is 12.1. The van der Waals surface area contributed by atoms with Gasteiger partial charge in [-0.25, -0.2) is 0 Å². The molecule has 1 atom stereocenters. The van der Waals surface area contributed by atoms with Crippen molar-refractivity contribution in [2.45, 2.75) is 39.0 Å². The first-order chi connectivity index (χ1) is 9.58. The fourth-order valence-corrected chi connectivity index (χ4v) is 2.16. The van der Waals surface area contributed by atoms with Crippen LogP contribution in [0.4, 0.5) is 0 Å². The number of benzene rings is 1. The molecular formula is C16H23NO3. The first kappa shape index (κ1) is 16.2. The largest absolute Gasteiger partial charge is 0.481 e. The molecule has 0 saturated carbocycles. The molecular weight excluding hydrogens is 254 g/mol. The van der Waals surface area contributed by atoms with Gasteiger partial charge in [-0.15, -0.1) is 0 Å². The van der Waals surface area contributed by atoms with Crippen molar-refractivity contribution in [1.29, 1.82) is 0 Å². The molecule has 0 aromatic heterocycles. The standard InChI is InChI=1S/C16H23NO3/c1-3-12(4-2)10-15(18)17-11-14(16(19)20)13-8-6-5-7-9-13/h5-9,12,14H,3-4,10-11H2,1-2H3,(H,17,18)(H,19,20). The summed E-state index contributed by atoms with van der Waals surface area (Å²) < 4.78 is 0. The van der Waals surface area contributed by atoms with Gasteiger partial charge in [-0.1, -0.05) is 57.0 Å². The summed E-state index contributed by atoms with van der Waals surface area (Å²) in [7, 11) is 0. The number of carbonyl (C=O) groups excluding carboxylic acids is 1. The lowest BCUT2D eigenvalue weighted by Crippen LogP contribution is -2.32. The van der Waals surface area contributed by atoms with Gasteiger partial charge >= 0.3 is 5.97 Å². The molecule has 20 heavy (non-hydrogen) atoms. The van der Waals surface area contributed by atoms with Crippen LogP contribution in [0.15, 0.2) is 30.3 Å². The van der Waals surface area contributed by atoms with Crippen LogP contribution in [0.25, 0.3) is 0 Å². The second kappa shape index (κ2) is 8.35. The van der Waals surface area contributed by atoms with Gasteiger partial charge in [-0.2, -0.15) is 0 Å². The molecule has 0 saturated heterocycles. The van der Waals surface area contributed by atoms with Crippen molar-refractivity contribution in [3.05, 3.63) is 35.9 Å². The number of hydrogen-bond acceptors (Lipinski definition) is 2. The summed E-state index contributed by atoms with van der Waals surface area (Å²) in [6.45, 7) is 4.26.